The molecule has 2 aromatic carbocycles. The van der Waals surface area contributed by atoms with Crippen LogP contribution in [0.5, 0.6) is 0 Å². The number of benzene rings is 2. The molecule has 0 saturated heterocycles. The van der Waals surface area contributed by atoms with Crippen molar-refractivity contribution >= 4 is 11.4 Å². The third kappa shape index (κ3) is 3.10. The van der Waals surface area contributed by atoms with E-state index in [9.17, 15) is 10.1 Å². The normalized spacial score (nSPS) is 11.1. The number of rotatable bonds is 4. The Kier molecular flexibility index (Phi) is 3.51. The zero-order chi connectivity index (χ0) is 13.9. The van der Waals surface area contributed by atoms with Gasteiger partial charge < -0.3 is 5.32 Å². The third-order valence-corrected chi connectivity index (χ3v) is 3.01. The van der Waals surface area contributed by atoms with Gasteiger partial charge in [-0.3, -0.25) is 10.1 Å². The molecule has 19 heavy (non-hydrogen) atoms. The number of hydrogen-bond donors (Lipinski definition) is 1. The maximum absolute atomic E-state index is 10.8. The minimum absolute atomic E-state index is 0.112. The molecule has 2 rings (SSSR count). The van der Waals surface area contributed by atoms with Crippen LogP contribution in [-0.4, -0.2) is 4.92 Å². The van der Waals surface area contributed by atoms with E-state index in [0.29, 0.717) is 0 Å². The van der Waals surface area contributed by atoms with Crippen LogP contribution in [0.25, 0.3) is 0 Å². The lowest BCUT2D eigenvalue weighted by Gasteiger charge is -2.28. The third-order valence-electron chi connectivity index (χ3n) is 3.01. The summed E-state index contributed by atoms with van der Waals surface area (Å²) in [6.45, 7) is 4.00. The van der Waals surface area contributed by atoms with Gasteiger partial charge in [-0.05, 0) is 31.5 Å². The summed E-state index contributed by atoms with van der Waals surface area (Å²) in [7, 11) is 0. The first-order valence-corrected chi connectivity index (χ1v) is 6.07. The highest BCUT2D eigenvalue weighted by Crippen LogP contribution is 2.27. The van der Waals surface area contributed by atoms with Crippen LogP contribution in [0.3, 0.4) is 0 Å². The largest absolute Gasteiger partial charge is 0.376 e. The van der Waals surface area contributed by atoms with Crippen LogP contribution in [0, 0.1) is 10.1 Å². The van der Waals surface area contributed by atoms with Gasteiger partial charge in [0.25, 0.3) is 5.69 Å². The Morgan fingerprint density at radius 1 is 1.05 bits per heavy atom. The first kappa shape index (κ1) is 13.1. The number of nitro benzene ring substituents is 1. The Balaban J connectivity index is 2.28. The molecule has 0 radical (unpaired) electrons. The van der Waals surface area contributed by atoms with Crippen LogP contribution in [0.15, 0.2) is 54.6 Å². The molecular weight excluding hydrogens is 240 g/mol. The van der Waals surface area contributed by atoms with Crippen LogP contribution < -0.4 is 5.32 Å². The highest BCUT2D eigenvalue weighted by atomic mass is 16.6. The van der Waals surface area contributed by atoms with E-state index in [0.717, 1.165) is 11.3 Å². The topological polar surface area (TPSA) is 55.2 Å². The SMILES string of the molecule is CC(C)(Nc1ccccc1)c1cccc([N+](=O)[O-])c1. The van der Waals surface area contributed by atoms with E-state index in [-0.39, 0.29) is 16.1 Å². The molecule has 0 spiro atoms. The molecule has 4 nitrogen and oxygen atoms in total. The smallest absolute Gasteiger partial charge is 0.269 e. The first-order chi connectivity index (χ1) is 8.99. The number of anilines is 1. The number of hydrogen-bond acceptors (Lipinski definition) is 3. The molecule has 0 aromatic heterocycles. The Labute approximate surface area is 112 Å². The molecule has 0 heterocycles. The Morgan fingerprint density at radius 2 is 1.74 bits per heavy atom. The van der Waals surface area contributed by atoms with Crippen molar-refractivity contribution in [1.82, 2.24) is 0 Å². The van der Waals surface area contributed by atoms with E-state index in [1.807, 2.05) is 50.2 Å². The van der Waals surface area contributed by atoms with Crippen LogP contribution in [-0.2, 0) is 5.54 Å². The molecule has 0 amide bonds. The second-order valence-electron chi connectivity index (χ2n) is 4.92. The van der Waals surface area contributed by atoms with Crippen molar-refractivity contribution in [3.05, 3.63) is 70.3 Å². The molecule has 98 valence electrons. The summed E-state index contributed by atoms with van der Waals surface area (Å²) in [6, 6.07) is 16.5. The highest BCUT2D eigenvalue weighted by molar-refractivity contribution is 5.48. The van der Waals surface area contributed by atoms with E-state index < -0.39 is 0 Å². The minimum Gasteiger partial charge on any atom is -0.376 e. The predicted octanol–water partition coefficient (Wildman–Crippen LogP) is 3.94. The van der Waals surface area contributed by atoms with Crippen molar-refractivity contribution in [3.63, 3.8) is 0 Å². The van der Waals surface area contributed by atoms with Crippen molar-refractivity contribution in [2.45, 2.75) is 19.4 Å². The fourth-order valence-electron chi connectivity index (χ4n) is 1.96. The Bertz CT molecular complexity index is 580. The standard InChI is InChI=1S/C15H16N2O2/c1-15(2,16-13-8-4-3-5-9-13)12-7-6-10-14(11-12)17(18)19/h3-11,16H,1-2H3. The zero-order valence-electron chi connectivity index (χ0n) is 11.0. The van der Waals surface area contributed by atoms with Crippen molar-refractivity contribution in [3.8, 4) is 0 Å². The van der Waals surface area contributed by atoms with E-state index in [2.05, 4.69) is 5.32 Å². The second-order valence-corrected chi connectivity index (χ2v) is 4.92. The maximum atomic E-state index is 10.8. The lowest BCUT2D eigenvalue weighted by molar-refractivity contribution is -0.385. The molecule has 2 aromatic rings. The molecule has 4 heteroatoms. The van der Waals surface area contributed by atoms with Gasteiger partial charge in [-0.2, -0.15) is 0 Å². The maximum Gasteiger partial charge on any atom is 0.269 e. The molecule has 0 aliphatic rings. The van der Waals surface area contributed by atoms with Crippen molar-refractivity contribution in [1.29, 1.82) is 0 Å². The molecule has 0 atom stereocenters. The van der Waals surface area contributed by atoms with Crippen LogP contribution in [0.1, 0.15) is 19.4 Å². The molecular formula is C15H16N2O2. The quantitative estimate of drug-likeness (QED) is 0.665. The monoisotopic (exact) mass is 256 g/mol. The Hall–Kier alpha value is -2.36. The summed E-state index contributed by atoms with van der Waals surface area (Å²) < 4.78 is 0. The number of nitrogens with zero attached hydrogens (tertiary/aromatic N) is 1. The van der Waals surface area contributed by atoms with Gasteiger partial charge in [0, 0.05) is 17.8 Å². The van der Waals surface area contributed by atoms with E-state index in [1.165, 1.54) is 6.07 Å². The molecule has 0 fully saturated rings. The van der Waals surface area contributed by atoms with Crippen molar-refractivity contribution in [2.75, 3.05) is 5.32 Å². The average Bonchev–Trinajstić information content (AvgIpc) is 2.39. The minimum atomic E-state index is -0.382. The number of nitrogens with one attached hydrogen (secondary N) is 1. The average molecular weight is 256 g/mol. The van der Waals surface area contributed by atoms with Gasteiger partial charge in [0.05, 0.1) is 10.5 Å². The number of para-hydroxylation sites is 1. The van der Waals surface area contributed by atoms with E-state index in [4.69, 9.17) is 0 Å². The van der Waals surface area contributed by atoms with Gasteiger partial charge in [-0.15, -0.1) is 0 Å². The summed E-state index contributed by atoms with van der Waals surface area (Å²) in [5.74, 6) is 0. The first-order valence-electron chi connectivity index (χ1n) is 6.07. The summed E-state index contributed by atoms with van der Waals surface area (Å²) in [5, 5.41) is 14.2. The highest BCUT2D eigenvalue weighted by Gasteiger charge is 2.22. The van der Waals surface area contributed by atoms with Crippen molar-refractivity contribution in [2.24, 2.45) is 0 Å². The summed E-state index contributed by atoms with van der Waals surface area (Å²) in [5.41, 5.74) is 1.60. The molecule has 0 bridgehead atoms. The molecule has 0 unspecified atom stereocenters. The van der Waals surface area contributed by atoms with Gasteiger partial charge >= 0.3 is 0 Å². The van der Waals surface area contributed by atoms with Crippen LogP contribution in [0.2, 0.25) is 0 Å². The van der Waals surface area contributed by atoms with Gasteiger partial charge in [-0.25, -0.2) is 0 Å². The van der Waals surface area contributed by atoms with Crippen molar-refractivity contribution < 1.29 is 4.92 Å². The molecule has 0 aliphatic carbocycles. The summed E-state index contributed by atoms with van der Waals surface area (Å²) in [4.78, 5) is 10.5. The molecule has 0 aliphatic heterocycles. The lowest BCUT2D eigenvalue weighted by Crippen LogP contribution is -2.27. The lowest BCUT2D eigenvalue weighted by atomic mass is 9.93. The molecule has 1 N–H and O–H groups in total. The van der Waals surface area contributed by atoms with E-state index in [1.54, 1.807) is 12.1 Å². The predicted molar refractivity (Wildman–Crippen MR) is 76.2 cm³/mol. The zero-order valence-corrected chi connectivity index (χ0v) is 11.0. The second kappa shape index (κ2) is 5.10. The van der Waals surface area contributed by atoms with Gasteiger partial charge in [0.1, 0.15) is 0 Å². The Morgan fingerprint density at radius 3 is 2.37 bits per heavy atom. The summed E-state index contributed by atoms with van der Waals surface area (Å²) in [6.07, 6.45) is 0. The van der Waals surface area contributed by atoms with Gasteiger partial charge in [0.2, 0.25) is 0 Å². The van der Waals surface area contributed by atoms with Crippen LogP contribution in [0.4, 0.5) is 11.4 Å². The van der Waals surface area contributed by atoms with Gasteiger partial charge in [0.15, 0.2) is 0 Å². The molecule has 0 saturated carbocycles. The fraction of sp³-hybridized carbons (Fsp3) is 0.200. The van der Waals surface area contributed by atoms with Crippen LogP contribution >= 0.6 is 0 Å². The van der Waals surface area contributed by atoms with E-state index >= 15 is 0 Å². The fourth-order valence-corrected chi connectivity index (χ4v) is 1.96. The number of nitro groups is 1. The number of non-ortho nitro benzene ring substituents is 1. The van der Waals surface area contributed by atoms with Gasteiger partial charge in [-0.1, -0.05) is 30.3 Å². The summed E-state index contributed by atoms with van der Waals surface area (Å²) >= 11 is 0.